The lowest BCUT2D eigenvalue weighted by Gasteiger charge is -2.19. The topological polar surface area (TPSA) is 57.2 Å². The zero-order valence-electron chi connectivity index (χ0n) is 14.9. The van der Waals surface area contributed by atoms with E-state index in [-0.39, 0.29) is 5.97 Å². The van der Waals surface area contributed by atoms with E-state index in [1.54, 1.807) is 0 Å². The molecule has 0 fully saturated rings. The third kappa shape index (κ3) is 4.12. The molecule has 1 heterocycles. The Hall–Kier alpha value is -1.94. The first-order valence-corrected chi connectivity index (χ1v) is 8.41. The van der Waals surface area contributed by atoms with Crippen molar-refractivity contribution in [2.45, 2.75) is 53.2 Å². The number of aromatic nitrogens is 1. The number of aryl methyl sites for hydroxylation is 1. The van der Waals surface area contributed by atoms with Gasteiger partial charge in [0, 0.05) is 17.3 Å². The Balaban J connectivity index is 2.24. The molecule has 0 radical (unpaired) electrons. The van der Waals surface area contributed by atoms with Gasteiger partial charge >= 0.3 is 5.97 Å². The van der Waals surface area contributed by atoms with Crippen LogP contribution in [-0.4, -0.2) is 16.1 Å². The number of carbonyl (C=O) groups excluding carboxylic acids is 1. The van der Waals surface area contributed by atoms with E-state index in [9.17, 15) is 4.79 Å². The zero-order valence-corrected chi connectivity index (χ0v) is 15.7. The van der Waals surface area contributed by atoms with Gasteiger partial charge in [-0.15, -0.1) is 0 Å². The van der Waals surface area contributed by atoms with Gasteiger partial charge in [-0.2, -0.15) is 0 Å². The summed E-state index contributed by atoms with van der Waals surface area (Å²) in [5.41, 5.74) is 9.21. The Labute approximate surface area is 148 Å². The largest absolute Gasteiger partial charge is 0.456 e. The minimum absolute atomic E-state index is 0.370. The Morgan fingerprint density at radius 3 is 2.33 bits per heavy atom. The molecule has 2 aromatic rings. The highest BCUT2D eigenvalue weighted by Gasteiger charge is 2.26. The van der Waals surface area contributed by atoms with Gasteiger partial charge in [-0.3, -0.25) is 0 Å². The van der Waals surface area contributed by atoms with Crippen LogP contribution in [0.1, 0.15) is 48.0 Å². The molecule has 5 heteroatoms. The SMILES string of the molecule is Cc1c(C(=O)OC(C)(C)C)c(N)n(CCc2ccc(Cl)cc2)c1C. The van der Waals surface area contributed by atoms with Crippen LogP contribution >= 0.6 is 11.6 Å². The number of hydrogen-bond donors (Lipinski definition) is 1. The van der Waals surface area contributed by atoms with Gasteiger partial charge in [-0.05, 0) is 64.3 Å². The fourth-order valence-electron chi connectivity index (χ4n) is 2.66. The average Bonchev–Trinajstić information content (AvgIpc) is 2.67. The molecule has 1 aromatic heterocycles. The van der Waals surface area contributed by atoms with Crippen molar-refractivity contribution in [3.05, 3.63) is 51.7 Å². The van der Waals surface area contributed by atoms with Gasteiger partial charge in [-0.1, -0.05) is 23.7 Å². The number of hydrogen-bond acceptors (Lipinski definition) is 3. The van der Waals surface area contributed by atoms with Gasteiger partial charge in [0.2, 0.25) is 0 Å². The third-order valence-electron chi connectivity index (χ3n) is 4.01. The highest BCUT2D eigenvalue weighted by atomic mass is 35.5. The molecule has 0 spiro atoms. The summed E-state index contributed by atoms with van der Waals surface area (Å²) < 4.78 is 7.46. The highest BCUT2D eigenvalue weighted by molar-refractivity contribution is 6.30. The van der Waals surface area contributed by atoms with Crippen LogP contribution in [0.2, 0.25) is 5.02 Å². The second kappa shape index (κ2) is 6.89. The molecule has 1 aromatic carbocycles. The van der Waals surface area contributed by atoms with Crippen LogP contribution in [0, 0.1) is 13.8 Å². The number of halogens is 1. The van der Waals surface area contributed by atoms with Gasteiger partial charge in [0.05, 0.1) is 0 Å². The van der Waals surface area contributed by atoms with Crippen LogP contribution in [0.5, 0.6) is 0 Å². The summed E-state index contributed by atoms with van der Waals surface area (Å²) in [6.07, 6.45) is 0.810. The predicted octanol–water partition coefficient (Wildman–Crippen LogP) is 4.54. The van der Waals surface area contributed by atoms with E-state index in [1.807, 2.05) is 63.5 Å². The van der Waals surface area contributed by atoms with Crippen molar-refractivity contribution in [3.63, 3.8) is 0 Å². The number of nitrogen functional groups attached to an aromatic ring is 1. The first kappa shape index (κ1) is 18.4. The van der Waals surface area contributed by atoms with Crippen LogP contribution < -0.4 is 5.73 Å². The molecular weight excluding hydrogens is 324 g/mol. The molecule has 0 bridgehead atoms. The van der Waals surface area contributed by atoms with Crippen molar-refractivity contribution in [3.8, 4) is 0 Å². The van der Waals surface area contributed by atoms with E-state index in [0.717, 1.165) is 22.7 Å². The summed E-state index contributed by atoms with van der Waals surface area (Å²) in [4.78, 5) is 12.4. The Morgan fingerprint density at radius 1 is 1.21 bits per heavy atom. The second-order valence-corrected chi connectivity index (χ2v) is 7.44. The molecule has 130 valence electrons. The molecule has 0 aliphatic rings. The zero-order chi connectivity index (χ0) is 18.1. The van der Waals surface area contributed by atoms with E-state index in [1.165, 1.54) is 5.56 Å². The smallest absolute Gasteiger partial charge is 0.342 e. The maximum Gasteiger partial charge on any atom is 0.342 e. The summed E-state index contributed by atoms with van der Waals surface area (Å²) in [7, 11) is 0. The number of carbonyl (C=O) groups is 1. The quantitative estimate of drug-likeness (QED) is 0.825. The van der Waals surface area contributed by atoms with E-state index in [4.69, 9.17) is 22.1 Å². The molecule has 24 heavy (non-hydrogen) atoms. The van der Waals surface area contributed by atoms with Gasteiger partial charge in [0.15, 0.2) is 0 Å². The van der Waals surface area contributed by atoms with Crippen molar-refractivity contribution in [1.29, 1.82) is 0 Å². The average molecular weight is 349 g/mol. The minimum atomic E-state index is -0.546. The molecule has 0 saturated carbocycles. The number of ether oxygens (including phenoxy) is 1. The molecule has 2 rings (SSSR count). The Morgan fingerprint density at radius 2 is 1.79 bits per heavy atom. The number of anilines is 1. The minimum Gasteiger partial charge on any atom is -0.456 e. The standard InChI is InChI=1S/C19H25ClN2O2/c1-12-13(2)22(11-10-14-6-8-15(20)9-7-14)17(21)16(12)18(23)24-19(3,4)5/h6-9H,10-11,21H2,1-5H3. The molecule has 0 unspecified atom stereocenters. The predicted molar refractivity (Wildman–Crippen MR) is 98.6 cm³/mol. The van der Waals surface area contributed by atoms with E-state index in [2.05, 4.69) is 0 Å². The number of esters is 1. The van der Waals surface area contributed by atoms with Crippen LogP contribution in [-0.2, 0) is 17.7 Å². The van der Waals surface area contributed by atoms with E-state index >= 15 is 0 Å². The monoisotopic (exact) mass is 348 g/mol. The van der Waals surface area contributed by atoms with E-state index in [0.29, 0.717) is 17.9 Å². The third-order valence-corrected chi connectivity index (χ3v) is 4.26. The molecule has 0 atom stereocenters. The molecule has 4 nitrogen and oxygen atoms in total. The highest BCUT2D eigenvalue weighted by Crippen LogP contribution is 2.27. The van der Waals surface area contributed by atoms with Gasteiger partial charge in [-0.25, -0.2) is 4.79 Å². The lowest BCUT2D eigenvalue weighted by atomic mass is 10.1. The van der Waals surface area contributed by atoms with Crippen molar-refractivity contribution in [1.82, 2.24) is 4.57 Å². The normalized spacial score (nSPS) is 11.6. The van der Waals surface area contributed by atoms with Gasteiger partial charge in [0.25, 0.3) is 0 Å². The van der Waals surface area contributed by atoms with Crippen molar-refractivity contribution < 1.29 is 9.53 Å². The number of rotatable bonds is 4. The maximum atomic E-state index is 12.4. The molecule has 2 N–H and O–H groups in total. The first-order valence-electron chi connectivity index (χ1n) is 8.03. The lowest BCUT2D eigenvalue weighted by molar-refractivity contribution is 0.00701. The van der Waals surface area contributed by atoms with Crippen molar-refractivity contribution in [2.24, 2.45) is 0 Å². The molecular formula is C19H25ClN2O2. The lowest BCUT2D eigenvalue weighted by Crippen LogP contribution is -2.24. The fourth-order valence-corrected chi connectivity index (χ4v) is 2.78. The fraction of sp³-hybridized carbons (Fsp3) is 0.421. The number of nitrogens with zero attached hydrogens (tertiary/aromatic N) is 1. The first-order chi connectivity index (χ1) is 11.1. The maximum absolute atomic E-state index is 12.4. The van der Waals surface area contributed by atoms with Gasteiger partial charge < -0.3 is 15.0 Å². The molecule has 0 aliphatic carbocycles. The summed E-state index contributed by atoms with van der Waals surface area (Å²) >= 11 is 5.91. The summed E-state index contributed by atoms with van der Waals surface area (Å²) in [6, 6.07) is 7.75. The second-order valence-electron chi connectivity index (χ2n) is 7.00. The molecule has 0 saturated heterocycles. The van der Waals surface area contributed by atoms with Gasteiger partial charge in [0.1, 0.15) is 17.0 Å². The summed E-state index contributed by atoms with van der Waals surface area (Å²) in [6.45, 7) is 10.1. The van der Waals surface area contributed by atoms with Crippen LogP contribution in [0.4, 0.5) is 5.82 Å². The van der Waals surface area contributed by atoms with Crippen molar-refractivity contribution >= 4 is 23.4 Å². The van der Waals surface area contributed by atoms with Crippen LogP contribution in [0.25, 0.3) is 0 Å². The molecule has 0 amide bonds. The number of nitrogens with two attached hydrogens (primary N) is 1. The van der Waals surface area contributed by atoms with Crippen molar-refractivity contribution in [2.75, 3.05) is 5.73 Å². The van der Waals surface area contributed by atoms with Crippen LogP contribution in [0.3, 0.4) is 0 Å². The Bertz CT molecular complexity index is 740. The van der Waals surface area contributed by atoms with E-state index < -0.39 is 5.60 Å². The molecule has 0 aliphatic heterocycles. The summed E-state index contributed by atoms with van der Waals surface area (Å²) in [5, 5.41) is 0.721. The number of benzene rings is 1. The van der Waals surface area contributed by atoms with Crippen LogP contribution in [0.15, 0.2) is 24.3 Å². The Kier molecular flexibility index (Phi) is 5.29. The summed E-state index contributed by atoms with van der Waals surface area (Å²) in [5.74, 6) is 0.0963.